The quantitative estimate of drug-likeness (QED) is 0.459. The zero-order chi connectivity index (χ0) is 18.4. The topological polar surface area (TPSA) is 150 Å². The van der Waals surface area contributed by atoms with Gasteiger partial charge in [0.05, 0.1) is 6.04 Å². The highest BCUT2D eigenvalue weighted by atomic mass is 16.4. The standard InChI is InChI=1S/C15H25N3O6/c1-8(2)12(16)13(21)17-9(5-6-11(19)20)14(22)18-7-3-4-10(18)15(23)24/h8-10,12H,3-7,16H2,1-2H3,(H,17,21)(H,19,20)(H,23,24)/t9-,10+,12-/m0/s1. The van der Waals surface area contributed by atoms with Crippen molar-refractivity contribution in [1.29, 1.82) is 0 Å². The van der Waals surface area contributed by atoms with Crippen molar-refractivity contribution in [2.45, 2.75) is 57.7 Å². The molecule has 1 saturated heterocycles. The Morgan fingerprint density at radius 1 is 1.25 bits per heavy atom. The monoisotopic (exact) mass is 343 g/mol. The maximum Gasteiger partial charge on any atom is 0.326 e. The molecule has 0 saturated carbocycles. The average Bonchev–Trinajstić information content (AvgIpc) is 2.99. The molecule has 1 aliphatic rings. The predicted octanol–water partition coefficient (Wildman–Crippen LogP) is -0.605. The van der Waals surface area contributed by atoms with Gasteiger partial charge < -0.3 is 26.2 Å². The van der Waals surface area contributed by atoms with Crippen LogP contribution in [0.15, 0.2) is 0 Å². The van der Waals surface area contributed by atoms with Crippen LogP contribution in [0, 0.1) is 5.92 Å². The molecular weight excluding hydrogens is 318 g/mol. The molecule has 1 fully saturated rings. The number of carbonyl (C=O) groups is 4. The van der Waals surface area contributed by atoms with Crippen LogP contribution >= 0.6 is 0 Å². The number of carboxylic acids is 2. The molecule has 0 bridgehead atoms. The second-order valence-corrected chi connectivity index (χ2v) is 6.29. The maximum atomic E-state index is 12.6. The number of nitrogens with zero attached hydrogens (tertiary/aromatic N) is 1. The lowest BCUT2D eigenvalue weighted by atomic mass is 10.0. The van der Waals surface area contributed by atoms with Crippen molar-refractivity contribution in [2.75, 3.05) is 6.54 Å². The van der Waals surface area contributed by atoms with Crippen LogP contribution in [0.2, 0.25) is 0 Å². The van der Waals surface area contributed by atoms with Gasteiger partial charge in [0.2, 0.25) is 11.8 Å². The van der Waals surface area contributed by atoms with Crippen molar-refractivity contribution in [3.05, 3.63) is 0 Å². The molecule has 9 heteroatoms. The SMILES string of the molecule is CC(C)[C@H](N)C(=O)N[C@@H](CCC(=O)O)C(=O)N1CCC[C@@H]1C(=O)O. The third-order valence-electron chi connectivity index (χ3n) is 4.10. The van der Waals surface area contributed by atoms with Gasteiger partial charge in [-0.1, -0.05) is 13.8 Å². The number of likely N-dealkylation sites (tertiary alicyclic amines) is 1. The molecule has 3 atom stereocenters. The van der Waals surface area contributed by atoms with Crippen LogP contribution < -0.4 is 11.1 Å². The van der Waals surface area contributed by atoms with Gasteiger partial charge in [0.15, 0.2) is 0 Å². The highest BCUT2D eigenvalue weighted by Gasteiger charge is 2.38. The molecular formula is C15H25N3O6. The second-order valence-electron chi connectivity index (χ2n) is 6.29. The first kappa shape index (κ1) is 19.9. The van der Waals surface area contributed by atoms with Gasteiger partial charge in [0.1, 0.15) is 12.1 Å². The summed E-state index contributed by atoms with van der Waals surface area (Å²) < 4.78 is 0. The average molecular weight is 343 g/mol. The lowest BCUT2D eigenvalue weighted by Crippen LogP contribution is -2.55. The van der Waals surface area contributed by atoms with Crippen molar-refractivity contribution in [3.8, 4) is 0 Å². The van der Waals surface area contributed by atoms with Crippen LogP contribution in [0.3, 0.4) is 0 Å². The molecule has 0 radical (unpaired) electrons. The second kappa shape index (κ2) is 8.62. The summed E-state index contributed by atoms with van der Waals surface area (Å²) in [4.78, 5) is 47.9. The van der Waals surface area contributed by atoms with Gasteiger partial charge in [0, 0.05) is 13.0 Å². The summed E-state index contributed by atoms with van der Waals surface area (Å²) >= 11 is 0. The molecule has 9 nitrogen and oxygen atoms in total. The van der Waals surface area contributed by atoms with E-state index in [1.54, 1.807) is 13.8 Å². The number of aliphatic carboxylic acids is 2. The van der Waals surface area contributed by atoms with Crippen LogP contribution in [0.4, 0.5) is 0 Å². The summed E-state index contributed by atoms with van der Waals surface area (Å²) in [7, 11) is 0. The lowest BCUT2D eigenvalue weighted by molar-refractivity contribution is -0.150. The molecule has 0 aromatic carbocycles. The summed E-state index contributed by atoms with van der Waals surface area (Å²) in [6.45, 7) is 3.77. The fraction of sp³-hybridized carbons (Fsp3) is 0.733. The molecule has 0 aromatic rings. The summed E-state index contributed by atoms with van der Waals surface area (Å²) in [6.07, 6.45) is 0.451. The summed E-state index contributed by atoms with van der Waals surface area (Å²) in [6, 6.07) is -2.88. The van der Waals surface area contributed by atoms with Crippen LogP contribution in [0.5, 0.6) is 0 Å². The Morgan fingerprint density at radius 2 is 1.88 bits per heavy atom. The Morgan fingerprint density at radius 3 is 2.38 bits per heavy atom. The number of nitrogens with one attached hydrogen (secondary N) is 1. The van der Waals surface area contributed by atoms with E-state index in [2.05, 4.69) is 5.32 Å². The third kappa shape index (κ3) is 5.19. The third-order valence-corrected chi connectivity index (χ3v) is 4.10. The molecule has 1 heterocycles. The Bertz CT molecular complexity index is 507. The van der Waals surface area contributed by atoms with E-state index in [9.17, 15) is 24.3 Å². The van der Waals surface area contributed by atoms with Crippen molar-refractivity contribution >= 4 is 23.8 Å². The first-order chi connectivity index (χ1) is 11.1. The van der Waals surface area contributed by atoms with Crippen LogP contribution in [0.1, 0.15) is 39.5 Å². The Kier molecular flexibility index (Phi) is 7.15. The first-order valence-electron chi connectivity index (χ1n) is 7.96. The van der Waals surface area contributed by atoms with Gasteiger partial charge in [-0.3, -0.25) is 14.4 Å². The molecule has 5 N–H and O–H groups in total. The number of hydrogen-bond donors (Lipinski definition) is 4. The molecule has 24 heavy (non-hydrogen) atoms. The zero-order valence-corrected chi connectivity index (χ0v) is 13.9. The Hall–Kier alpha value is -2.16. The number of rotatable bonds is 8. The summed E-state index contributed by atoms with van der Waals surface area (Å²) in [5.41, 5.74) is 5.75. The molecule has 2 amide bonds. The number of amides is 2. The molecule has 0 spiro atoms. The van der Waals surface area contributed by atoms with E-state index in [0.29, 0.717) is 12.8 Å². The maximum absolute atomic E-state index is 12.6. The van der Waals surface area contributed by atoms with Gasteiger partial charge in [0.25, 0.3) is 0 Å². The van der Waals surface area contributed by atoms with Gasteiger partial charge in [-0.2, -0.15) is 0 Å². The van der Waals surface area contributed by atoms with E-state index in [0.717, 1.165) is 0 Å². The molecule has 0 aliphatic carbocycles. The fourth-order valence-corrected chi connectivity index (χ4v) is 2.58. The van der Waals surface area contributed by atoms with E-state index in [1.807, 2.05) is 0 Å². The molecule has 1 rings (SSSR count). The van der Waals surface area contributed by atoms with Gasteiger partial charge in [-0.25, -0.2) is 4.79 Å². The summed E-state index contributed by atoms with van der Waals surface area (Å²) in [5, 5.41) is 20.5. The van der Waals surface area contributed by atoms with Crippen LogP contribution in [-0.4, -0.2) is 63.5 Å². The molecule has 136 valence electrons. The highest BCUT2D eigenvalue weighted by Crippen LogP contribution is 2.19. The summed E-state index contributed by atoms with van der Waals surface area (Å²) in [5.74, 6) is -3.50. The normalized spacial score (nSPS) is 19.8. The number of hydrogen-bond acceptors (Lipinski definition) is 5. The van der Waals surface area contributed by atoms with Crippen molar-refractivity contribution in [3.63, 3.8) is 0 Å². The molecule has 1 aliphatic heterocycles. The van der Waals surface area contributed by atoms with Crippen LogP contribution in [0.25, 0.3) is 0 Å². The van der Waals surface area contributed by atoms with E-state index >= 15 is 0 Å². The van der Waals surface area contributed by atoms with E-state index < -0.39 is 41.9 Å². The minimum absolute atomic E-state index is 0.117. The van der Waals surface area contributed by atoms with E-state index in [4.69, 9.17) is 10.8 Å². The van der Waals surface area contributed by atoms with Crippen molar-refractivity contribution in [2.24, 2.45) is 11.7 Å². The molecule has 0 aromatic heterocycles. The van der Waals surface area contributed by atoms with E-state index in [-0.39, 0.29) is 25.3 Å². The minimum Gasteiger partial charge on any atom is -0.481 e. The van der Waals surface area contributed by atoms with Crippen molar-refractivity contribution in [1.82, 2.24) is 10.2 Å². The Balaban J connectivity index is 2.87. The predicted molar refractivity (Wildman–Crippen MR) is 84.0 cm³/mol. The van der Waals surface area contributed by atoms with Gasteiger partial charge in [-0.05, 0) is 25.2 Å². The molecule has 0 unspecified atom stereocenters. The Labute approximate surface area is 140 Å². The number of carboxylic acid groups (broad SMARTS) is 2. The minimum atomic E-state index is -1.11. The lowest BCUT2D eigenvalue weighted by Gasteiger charge is -2.28. The first-order valence-corrected chi connectivity index (χ1v) is 7.96. The van der Waals surface area contributed by atoms with E-state index in [1.165, 1.54) is 4.90 Å². The zero-order valence-electron chi connectivity index (χ0n) is 13.9. The van der Waals surface area contributed by atoms with Gasteiger partial charge in [-0.15, -0.1) is 0 Å². The number of carbonyl (C=O) groups excluding carboxylic acids is 2. The fourth-order valence-electron chi connectivity index (χ4n) is 2.58. The van der Waals surface area contributed by atoms with Crippen molar-refractivity contribution < 1.29 is 29.4 Å². The highest BCUT2D eigenvalue weighted by molar-refractivity contribution is 5.92. The van der Waals surface area contributed by atoms with Crippen LogP contribution in [-0.2, 0) is 19.2 Å². The smallest absolute Gasteiger partial charge is 0.326 e. The number of nitrogens with two attached hydrogens (primary N) is 1. The van der Waals surface area contributed by atoms with Gasteiger partial charge >= 0.3 is 11.9 Å². The largest absolute Gasteiger partial charge is 0.481 e.